The molecule has 166 valence electrons. The molecule has 2 aliphatic heterocycles. The lowest BCUT2D eigenvalue weighted by Crippen LogP contribution is -2.49. The van der Waals surface area contributed by atoms with Crippen molar-refractivity contribution >= 4 is 6.03 Å². The zero-order valence-corrected chi connectivity index (χ0v) is 18.2. The number of carbonyl (C=O) groups excluding carboxylic acids is 1. The number of rotatable bonds is 5. The van der Waals surface area contributed by atoms with Gasteiger partial charge in [-0.3, -0.25) is 9.69 Å². The zero-order chi connectivity index (χ0) is 21.8. The number of likely N-dealkylation sites (tertiary alicyclic amines) is 1. The summed E-state index contributed by atoms with van der Waals surface area (Å²) in [5.41, 5.74) is 3.48. The highest BCUT2D eigenvalue weighted by atomic mass is 16.3. The highest BCUT2D eigenvalue weighted by molar-refractivity contribution is 5.74. The van der Waals surface area contributed by atoms with Gasteiger partial charge in [-0.1, -0.05) is 30.3 Å². The number of amides is 2. The Hall–Kier alpha value is -2.64. The van der Waals surface area contributed by atoms with Gasteiger partial charge in [-0.05, 0) is 36.5 Å². The molecule has 1 unspecified atom stereocenters. The second-order valence-electron chi connectivity index (χ2n) is 8.76. The minimum Gasteiger partial charge on any atom is -0.390 e. The van der Waals surface area contributed by atoms with Crippen molar-refractivity contribution < 1.29 is 9.90 Å². The number of nitrogens with zero attached hydrogens (tertiary/aromatic N) is 3. The van der Waals surface area contributed by atoms with E-state index in [0.717, 1.165) is 37.9 Å². The molecule has 31 heavy (non-hydrogen) atoms. The van der Waals surface area contributed by atoms with Gasteiger partial charge in [-0.15, -0.1) is 0 Å². The molecule has 0 aliphatic carbocycles. The monoisotopic (exact) mass is 424 g/mol. The van der Waals surface area contributed by atoms with Crippen LogP contribution in [-0.2, 0) is 20.0 Å². The fraction of sp³-hybridized carbons (Fsp3) is 0.500. The number of hydrogen-bond acceptors (Lipinski definition) is 4. The van der Waals surface area contributed by atoms with E-state index in [0.29, 0.717) is 19.6 Å². The van der Waals surface area contributed by atoms with Gasteiger partial charge in [0.25, 0.3) is 5.56 Å². The standard InChI is InChI=1S/C24H32N4O3/c1-26-11-5-9-22(23(26)30)20-8-4-12-28(16-20)24(31)25-14-21(29)17-27-13-10-18-6-2-3-7-19(18)15-27/h2-3,5-7,9,11,20-21,29H,4,8,10,12-17H2,1H3,(H,25,31)/t20?,21-/m0/s1. The van der Waals surface area contributed by atoms with Crippen molar-refractivity contribution in [2.75, 3.05) is 32.7 Å². The predicted molar refractivity (Wildman–Crippen MR) is 120 cm³/mol. The number of nitrogens with one attached hydrogen (secondary N) is 1. The van der Waals surface area contributed by atoms with Crippen molar-refractivity contribution in [2.45, 2.75) is 37.8 Å². The van der Waals surface area contributed by atoms with E-state index in [-0.39, 0.29) is 24.1 Å². The van der Waals surface area contributed by atoms with Gasteiger partial charge in [0.15, 0.2) is 0 Å². The van der Waals surface area contributed by atoms with Crippen molar-refractivity contribution in [1.29, 1.82) is 0 Å². The van der Waals surface area contributed by atoms with Crippen LogP contribution in [0.15, 0.2) is 47.4 Å². The minimum atomic E-state index is -0.615. The van der Waals surface area contributed by atoms with E-state index in [9.17, 15) is 14.7 Å². The van der Waals surface area contributed by atoms with Gasteiger partial charge in [0.1, 0.15) is 0 Å². The molecular weight excluding hydrogens is 392 g/mol. The van der Waals surface area contributed by atoms with E-state index < -0.39 is 6.10 Å². The Labute approximate surface area is 183 Å². The number of piperidine rings is 1. The SMILES string of the molecule is Cn1cccc(C2CCCN(C(=O)NC[C@H](O)CN3CCc4ccccc4C3)C2)c1=O. The first-order valence-corrected chi connectivity index (χ1v) is 11.2. The molecule has 0 bridgehead atoms. The highest BCUT2D eigenvalue weighted by Crippen LogP contribution is 2.24. The maximum Gasteiger partial charge on any atom is 0.317 e. The normalized spacial score (nSPS) is 20.2. The quantitative estimate of drug-likeness (QED) is 0.766. The molecule has 2 amide bonds. The maximum absolute atomic E-state index is 12.7. The molecule has 3 heterocycles. The van der Waals surface area contributed by atoms with Crippen LogP contribution in [0, 0.1) is 0 Å². The Balaban J connectivity index is 1.26. The molecule has 1 saturated heterocycles. The minimum absolute atomic E-state index is 0.00767. The molecule has 0 spiro atoms. The number of urea groups is 1. The molecule has 1 aromatic carbocycles. The summed E-state index contributed by atoms with van der Waals surface area (Å²) in [6.45, 7) is 3.73. The van der Waals surface area contributed by atoms with Crippen LogP contribution in [0.2, 0.25) is 0 Å². The lowest BCUT2D eigenvalue weighted by atomic mass is 9.91. The lowest BCUT2D eigenvalue weighted by Gasteiger charge is -2.33. The Morgan fingerprint density at radius 3 is 2.84 bits per heavy atom. The summed E-state index contributed by atoms with van der Waals surface area (Å²) in [5.74, 6) is 0.0535. The lowest BCUT2D eigenvalue weighted by molar-refractivity contribution is 0.102. The number of aryl methyl sites for hydroxylation is 1. The van der Waals surface area contributed by atoms with E-state index in [1.54, 1.807) is 22.7 Å². The maximum atomic E-state index is 12.7. The average molecular weight is 425 g/mol. The molecule has 0 radical (unpaired) electrons. The van der Waals surface area contributed by atoms with Crippen molar-refractivity contribution in [3.63, 3.8) is 0 Å². The number of aliphatic hydroxyl groups is 1. The Morgan fingerprint density at radius 2 is 2.00 bits per heavy atom. The highest BCUT2D eigenvalue weighted by Gasteiger charge is 2.27. The number of benzene rings is 1. The summed E-state index contributed by atoms with van der Waals surface area (Å²) in [7, 11) is 1.75. The van der Waals surface area contributed by atoms with Crippen LogP contribution in [0.4, 0.5) is 4.79 Å². The second kappa shape index (κ2) is 9.66. The molecule has 1 fully saturated rings. The van der Waals surface area contributed by atoms with E-state index in [1.807, 2.05) is 12.1 Å². The average Bonchev–Trinajstić information content (AvgIpc) is 2.79. The van der Waals surface area contributed by atoms with Crippen molar-refractivity contribution in [2.24, 2.45) is 7.05 Å². The first-order valence-electron chi connectivity index (χ1n) is 11.2. The molecule has 7 heteroatoms. The van der Waals surface area contributed by atoms with Gasteiger partial charge < -0.3 is 19.9 Å². The smallest absolute Gasteiger partial charge is 0.317 e. The number of hydrogen-bond donors (Lipinski definition) is 2. The fourth-order valence-electron chi connectivity index (χ4n) is 4.73. The van der Waals surface area contributed by atoms with Crippen LogP contribution in [-0.4, -0.2) is 64.3 Å². The van der Waals surface area contributed by atoms with Crippen LogP contribution in [0.25, 0.3) is 0 Å². The fourth-order valence-corrected chi connectivity index (χ4v) is 4.73. The summed E-state index contributed by atoms with van der Waals surface area (Å²) >= 11 is 0. The number of pyridine rings is 1. The van der Waals surface area contributed by atoms with E-state index >= 15 is 0 Å². The summed E-state index contributed by atoms with van der Waals surface area (Å²) in [6.07, 6.45) is 3.90. The Bertz CT molecular complexity index is 973. The molecule has 2 atom stereocenters. The van der Waals surface area contributed by atoms with Crippen LogP contribution in [0.1, 0.15) is 35.4 Å². The molecular formula is C24H32N4O3. The molecule has 7 nitrogen and oxygen atoms in total. The zero-order valence-electron chi connectivity index (χ0n) is 18.2. The molecule has 0 saturated carbocycles. The third kappa shape index (κ3) is 5.17. The van der Waals surface area contributed by atoms with Crippen LogP contribution < -0.4 is 10.9 Å². The van der Waals surface area contributed by atoms with Crippen LogP contribution >= 0.6 is 0 Å². The van der Waals surface area contributed by atoms with E-state index in [4.69, 9.17) is 0 Å². The number of carbonyl (C=O) groups is 1. The first-order chi connectivity index (χ1) is 15.0. The topological polar surface area (TPSA) is 77.8 Å². The number of aliphatic hydroxyl groups excluding tert-OH is 1. The van der Waals surface area contributed by atoms with Gasteiger partial charge in [0, 0.05) is 64.0 Å². The van der Waals surface area contributed by atoms with Crippen molar-refractivity contribution in [3.8, 4) is 0 Å². The first kappa shape index (κ1) is 21.6. The molecule has 1 aromatic heterocycles. The van der Waals surface area contributed by atoms with Crippen molar-refractivity contribution in [1.82, 2.24) is 19.7 Å². The second-order valence-corrected chi connectivity index (χ2v) is 8.76. The summed E-state index contributed by atoms with van der Waals surface area (Å²) in [6, 6.07) is 12.0. The summed E-state index contributed by atoms with van der Waals surface area (Å²) in [5, 5.41) is 13.4. The van der Waals surface area contributed by atoms with Crippen molar-refractivity contribution in [3.05, 3.63) is 69.6 Å². The van der Waals surface area contributed by atoms with Gasteiger partial charge in [0.2, 0.25) is 0 Å². The van der Waals surface area contributed by atoms with Crippen LogP contribution in [0.5, 0.6) is 0 Å². The number of fused-ring (bicyclic) bond motifs is 1. The van der Waals surface area contributed by atoms with Crippen LogP contribution in [0.3, 0.4) is 0 Å². The third-order valence-electron chi connectivity index (χ3n) is 6.47. The molecule has 2 N–H and O–H groups in total. The third-order valence-corrected chi connectivity index (χ3v) is 6.47. The van der Waals surface area contributed by atoms with E-state index in [1.165, 1.54) is 11.1 Å². The molecule has 4 rings (SSSR count). The summed E-state index contributed by atoms with van der Waals surface area (Å²) in [4.78, 5) is 29.1. The predicted octanol–water partition coefficient (Wildman–Crippen LogP) is 1.69. The van der Waals surface area contributed by atoms with Gasteiger partial charge in [-0.2, -0.15) is 0 Å². The van der Waals surface area contributed by atoms with E-state index in [2.05, 4.69) is 34.5 Å². The van der Waals surface area contributed by atoms with Gasteiger partial charge in [-0.25, -0.2) is 4.79 Å². The molecule has 2 aliphatic rings. The Kier molecular flexibility index (Phi) is 6.73. The summed E-state index contributed by atoms with van der Waals surface area (Å²) < 4.78 is 1.59. The number of aromatic nitrogens is 1. The molecule has 2 aromatic rings. The van der Waals surface area contributed by atoms with Gasteiger partial charge in [0.05, 0.1) is 6.10 Å². The Morgan fingerprint density at radius 1 is 1.19 bits per heavy atom. The van der Waals surface area contributed by atoms with Gasteiger partial charge >= 0.3 is 6.03 Å². The largest absolute Gasteiger partial charge is 0.390 e. The number of β-amino-alcohol motifs (C(OH)–C–C–N with tert-alkyl or cyclic N) is 1.